The Labute approximate surface area is 90.8 Å². The summed E-state index contributed by atoms with van der Waals surface area (Å²) in [5.41, 5.74) is 0.0722. The van der Waals surface area contributed by atoms with Crippen LogP contribution in [0.1, 0.15) is 0 Å². The maximum atomic E-state index is 11.8. The average molecular weight is 216 g/mol. The zero-order valence-corrected chi connectivity index (χ0v) is 8.30. The molecule has 0 saturated carbocycles. The van der Waals surface area contributed by atoms with Crippen LogP contribution in [0.4, 0.5) is 0 Å². The van der Waals surface area contributed by atoms with Gasteiger partial charge >= 0.3 is 5.97 Å². The number of hydrogen-bond acceptors (Lipinski definition) is 4. The molecule has 2 aromatic rings. The third-order valence-electron chi connectivity index (χ3n) is 2.03. The highest BCUT2D eigenvalue weighted by molar-refractivity contribution is 5.84. The molecule has 16 heavy (non-hydrogen) atoms. The van der Waals surface area contributed by atoms with Gasteiger partial charge in [0.15, 0.2) is 0 Å². The molecule has 0 radical (unpaired) electrons. The van der Waals surface area contributed by atoms with E-state index in [-0.39, 0.29) is 11.2 Å². The predicted octanol–water partition coefficient (Wildman–Crippen LogP) is 1.88. The number of ether oxygens (including phenoxy) is 1. The lowest BCUT2D eigenvalue weighted by molar-refractivity contribution is -0.129. The number of hydrogen-bond donors (Lipinski definition) is 0. The molecule has 0 bridgehead atoms. The Bertz CT molecular complexity index is 610. The van der Waals surface area contributed by atoms with Crippen molar-refractivity contribution in [1.82, 2.24) is 0 Å². The van der Waals surface area contributed by atoms with Crippen molar-refractivity contribution in [2.45, 2.75) is 0 Å². The van der Waals surface area contributed by atoms with Crippen LogP contribution in [0.3, 0.4) is 0 Å². The summed E-state index contributed by atoms with van der Waals surface area (Å²) in [6.07, 6.45) is 2.10. The Balaban J connectivity index is 2.57. The topological polar surface area (TPSA) is 56.5 Å². The molecule has 80 valence electrons. The molecule has 1 aromatic heterocycles. The summed E-state index contributed by atoms with van der Waals surface area (Å²) in [6.45, 7) is 3.24. The first-order valence-electron chi connectivity index (χ1n) is 4.57. The minimum absolute atomic E-state index is 0.136. The highest BCUT2D eigenvalue weighted by atomic mass is 16.5. The van der Waals surface area contributed by atoms with Gasteiger partial charge < -0.3 is 9.15 Å². The van der Waals surface area contributed by atoms with E-state index in [4.69, 9.17) is 9.15 Å². The van der Waals surface area contributed by atoms with Crippen molar-refractivity contribution in [1.29, 1.82) is 0 Å². The second-order valence-electron chi connectivity index (χ2n) is 3.05. The molecule has 0 unspecified atom stereocenters. The quantitative estimate of drug-likeness (QED) is 0.568. The molecule has 0 atom stereocenters. The van der Waals surface area contributed by atoms with Crippen molar-refractivity contribution in [3.63, 3.8) is 0 Å². The minimum Gasteiger partial charge on any atom is -0.460 e. The van der Waals surface area contributed by atoms with Gasteiger partial charge in [-0.3, -0.25) is 4.79 Å². The van der Waals surface area contributed by atoms with Gasteiger partial charge in [-0.15, -0.1) is 0 Å². The smallest absolute Gasteiger partial charge is 0.335 e. The van der Waals surface area contributed by atoms with E-state index in [2.05, 4.69) is 6.58 Å². The SMILES string of the molecule is C=CC(=O)Oc1coc2ccccc2c1=O. The number of para-hydroxylation sites is 1. The van der Waals surface area contributed by atoms with Gasteiger partial charge in [0.05, 0.1) is 5.39 Å². The lowest BCUT2D eigenvalue weighted by atomic mass is 10.2. The van der Waals surface area contributed by atoms with Crippen LogP contribution in [0, 0.1) is 0 Å². The van der Waals surface area contributed by atoms with Gasteiger partial charge in [-0.1, -0.05) is 18.7 Å². The molecule has 0 aliphatic rings. The number of carbonyl (C=O) groups excluding carboxylic acids is 1. The number of esters is 1. The minimum atomic E-state index is -0.692. The van der Waals surface area contributed by atoms with Crippen molar-refractivity contribution in [3.05, 3.63) is 53.4 Å². The summed E-state index contributed by atoms with van der Waals surface area (Å²) in [7, 11) is 0. The van der Waals surface area contributed by atoms with Gasteiger partial charge in [0.1, 0.15) is 11.8 Å². The summed E-state index contributed by atoms with van der Waals surface area (Å²) in [5, 5.41) is 0.372. The molecule has 0 aliphatic carbocycles. The normalized spacial score (nSPS) is 10.0. The Morgan fingerprint density at radius 3 is 2.88 bits per heavy atom. The fourth-order valence-corrected chi connectivity index (χ4v) is 1.28. The van der Waals surface area contributed by atoms with Gasteiger partial charge in [0.2, 0.25) is 11.2 Å². The summed E-state index contributed by atoms with van der Waals surface area (Å²) in [6, 6.07) is 6.72. The molecule has 1 heterocycles. The summed E-state index contributed by atoms with van der Waals surface area (Å²) in [5.74, 6) is -0.828. The number of carbonyl (C=O) groups is 1. The zero-order chi connectivity index (χ0) is 11.5. The molecule has 0 saturated heterocycles. The monoisotopic (exact) mass is 216 g/mol. The van der Waals surface area contributed by atoms with E-state index in [1.54, 1.807) is 24.3 Å². The van der Waals surface area contributed by atoms with Crippen LogP contribution in [0.2, 0.25) is 0 Å². The van der Waals surface area contributed by atoms with E-state index in [0.717, 1.165) is 12.3 Å². The molecule has 0 amide bonds. The highest BCUT2D eigenvalue weighted by Gasteiger charge is 2.09. The third-order valence-corrected chi connectivity index (χ3v) is 2.03. The second kappa shape index (κ2) is 4.02. The lowest BCUT2D eigenvalue weighted by Gasteiger charge is -2.01. The van der Waals surface area contributed by atoms with Gasteiger partial charge in [0, 0.05) is 6.08 Å². The maximum absolute atomic E-state index is 11.8. The molecule has 0 spiro atoms. The van der Waals surface area contributed by atoms with Crippen LogP contribution in [-0.2, 0) is 4.79 Å². The van der Waals surface area contributed by atoms with E-state index < -0.39 is 5.97 Å². The number of fused-ring (bicyclic) bond motifs is 1. The van der Waals surface area contributed by atoms with Crippen molar-refractivity contribution < 1.29 is 13.9 Å². The first-order chi connectivity index (χ1) is 7.72. The van der Waals surface area contributed by atoms with Crippen molar-refractivity contribution >= 4 is 16.9 Å². The molecule has 2 rings (SSSR count). The van der Waals surface area contributed by atoms with Gasteiger partial charge in [-0.2, -0.15) is 0 Å². The van der Waals surface area contributed by atoms with E-state index in [9.17, 15) is 9.59 Å². The summed E-state index contributed by atoms with van der Waals surface area (Å²) >= 11 is 0. The first kappa shape index (κ1) is 10.2. The van der Waals surface area contributed by atoms with Crippen molar-refractivity contribution in [2.75, 3.05) is 0 Å². The lowest BCUT2D eigenvalue weighted by Crippen LogP contribution is -2.12. The Hall–Kier alpha value is -2.36. The number of rotatable bonds is 2. The summed E-state index contributed by atoms with van der Waals surface area (Å²) < 4.78 is 9.90. The van der Waals surface area contributed by atoms with Gasteiger partial charge in [-0.25, -0.2) is 4.79 Å². The first-order valence-corrected chi connectivity index (χ1v) is 4.57. The fraction of sp³-hybridized carbons (Fsp3) is 0. The largest absolute Gasteiger partial charge is 0.460 e. The van der Waals surface area contributed by atoms with Crippen LogP contribution >= 0.6 is 0 Å². The Morgan fingerprint density at radius 1 is 1.38 bits per heavy atom. The van der Waals surface area contributed by atoms with E-state index in [1.165, 1.54) is 0 Å². The number of benzene rings is 1. The molecule has 0 N–H and O–H groups in total. The molecule has 0 aliphatic heterocycles. The van der Waals surface area contributed by atoms with Crippen LogP contribution in [0.15, 0.2) is 52.4 Å². The van der Waals surface area contributed by atoms with Crippen LogP contribution < -0.4 is 10.2 Å². The Morgan fingerprint density at radius 2 is 2.12 bits per heavy atom. The van der Waals surface area contributed by atoms with Gasteiger partial charge in [-0.05, 0) is 12.1 Å². The molecule has 0 fully saturated rings. The predicted molar refractivity (Wildman–Crippen MR) is 58.3 cm³/mol. The average Bonchev–Trinajstić information content (AvgIpc) is 2.33. The third kappa shape index (κ3) is 1.72. The van der Waals surface area contributed by atoms with Crippen molar-refractivity contribution in [3.8, 4) is 5.75 Å². The standard InChI is InChI=1S/C12H8O4/c1-2-11(13)16-10-7-15-9-6-4-3-5-8(9)12(10)14/h2-7H,1H2. The fourth-order valence-electron chi connectivity index (χ4n) is 1.28. The highest BCUT2D eigenvalue weighted by Crippen LogP contribution is 2.14. The van der Waals surface area contributed by atoms with E-state index in [0.29, 0.717) is 11.0 Å². The molecule has 1 aromatic carbocycles. The van der Waals surface area contributed by atoms with Gasteiger partial charge in [0.25, 0.3) is 0 Å². The van der Waals surface area contributed by atoms with E-state index in [1.807, 2.05) is 0 Å². The van der Waals surface area contributed by atoms with Crippen molar-refractivity contribution in [2.24, 2.45) is 0 Å². The maximum Gasteiger partial charge on any atom is 0.335 e. The van der Waals surface area contributed by atoms with E-state index >= 15 is 0 Å². The molecular weight excluding hydrogens is 208 g/mol. The van der Waals surface area contributed by atoms with Crippen LogP contribution in [0.25, 0.3) is 11.0 Å². The summed E-state index contributed by atoms with van der Waals surface area (Å²) in [4.78, 5) is 22.8. The van der Waals surface area contributed by atoms with Crippen LogP contribution in [-0.4, -0.2) is 5.97 Å². The van der Waals surface area contributed by atoms with Crippen LogP contribution in [0.5, 0.6) is 5.75 Å². The molecule has 4 nitrogen and oxygen atoms in total. The second-order valence-corrected chi connectivity index (χ2v) is 3.05. The Kier molecular flexibility index (Phi) is 2.55. The zero-order valence-electron chi connectivity index (χ0n) is 8.30. The molecule has 4 heteroatoms. The molecular formula is C12H8O4.